The Labute approximate surface area is 139 Å². The molecule has 1 atom stereocenters. The topological polar surface area (TPSA) is 39.4 Å². The molecule has 0 bridgehead atoms. The molecule has 1 heterocycles. The smallest absolute Gasteiger partial charge is 0.193 e. The van der Waals surface area contributed by atoms with Crippen LogP contribution in [0.25, 0.3) is 0 Å². The Morgan fingerprint density at radius 3 is 2.26 bits per heavy atom. The molecule has 0 amide bonds. The predicted octanol–water partition coefficient (Wildman–Crippen LogP) is 5.10. The number of hydrogen-bond acceptors (Lipinski definition) is 3. The monoisotopic (exact) mass is 330 g/mol. The van der Waals surface area contributed by atoms with Crippen molar-refractivity contribution in [3.63, 3.8) is 0 Å². The molecule has 0 aliphatic rings. The maximum absolute atomic E-state index is 12.9. The Morgan fingerprint density at radius 1 is 1.09 bits per heavy atom. The zero-order chi connectivity index (χ0) is 16.7. The quantitative estimate of drug-likeness (QED) is 0.474. The van der Waals surface area contributed by atoms with Gasteiger partial charge in [-0.05, 0) is 29.8 Å². The molecule has 0 fully saturated rings. The average molecular weight is 331 g/mol. The molecule has 1 unspecified atom stereocenters. The van der Waals surface area contributed by atoms with Crippen LogP contribution in [0.2, 0.25) is 18.1 Å². The van der Waals surface area contributed by atoms with Crippen LogP contribution in [0.15, 0.2) is 53.3 Å². The fourth-order valence-corrected chi connectivity index (χ4v) is 5.70. The highest BCUT2D eigenvalue weighted by Gasteiger charge is 2.35. The van der Waals surface area contributed by atoms with Crippen LogP contribution < -0.4 is 0 Å². The van der Waals surface area contributed by atoms with Crippen LogP contribution in [-0.2, 0) is 10.8 Å². The van der Waals surface area contributed by atoms with E-state index in [2.05, 4.69) is 20.8 Å². The van der Waals surface area contributed by atoms with Crippen LogP contribution in [-0.4, -0.2) is 20.2 Å². The lowest BCUT2D eigenvalue weighted by Gasteiger charge is -2.32. The zero-order valence-corrected chi connectivity index (χ0v) is 15.2. The first-order valence-corrected chi connectivity index (χ1v) is 10.9. The Hall–Kier alpha value is -1.65. The van der Waals surface area contributed by atoms with E-state index in [9.17, 15) is 4.79 Å². The van der Waals surface area contributed by atoms with Crippen LogP contribution in [0.3, 0.4) is 0 Å². The van der Waals surface area contributed by atoms with Crippen molar-refractivity contribution in [3.8, 4) is 0 Å². The Balaban J connectivity index is 2.25. The number of Topliss-reactive ketones (excluding diaryl/α,β-unsaturated/α-hetero) is 1. The molecule has 0 saturated heterocycles. The maximum Gasteiger partial charge on any atom is 0.193 e. The summed E-state index contributed by atoms with van der Waals surface area (Å²) in [6, 6.07) is 14.9. The third-order valence-electron chi connectivity index (χ3n) is 4.69. The van der Waals surface area contributed by atoms with Gasteiger partial charge >= 0.3 is 0 Å². The normalized spacial score (nSPS) is 13.0. The van der Waals surface area contributed by atoms with E-state index in [1.807, 2.05) is 30.3 Å². The second kappa shape index (κ2) is 8.27. The molecule has 2 aromatic rings. The van der Waals surface area contributed by atoms with Gasteiger partial charge in [0.25, 0.3) is 0 Å². The lowest BCUT2D eigenvalue weighted by Crippen LogP contribution is -2.43. The van der Waals surface area contributed by atoms with Crippen LogP contribution in [0.4, 0.5) is 0 Å². The summed E-state index contributed by atoms with van der Waals surface area (Å²) >= 11 is 0. The molecule has 23 heavy (non-hydrogen) atoms. The van der Waals surface area contributed by atoms with Crippen molar-refractivity contribution in [2.24, 2.45) is 0 Å². The lowest BCUT2D eigenvalue weighted by atomic mass is 10.0. The highest BCUT2D eigenvalue weighted by molar-refractivity contribution is 6.73. The van der Waals surface area contributed by atoms with E-state index in [-0.39, 0.29) is 5.78 Å². The van der Waals surface area contributed by atoms with Crippen molar-refractivity contribution in [3.05, 3.63) is 60.1 Å². The lowest BCUT2D eigenvalue weighted by molar-refractivity contribution is 0.0771. The largest absolute Gasteiger partial charge is 0.472 e. The third kappa shape index (κ3) is 4.42. The standard InChI is InChI=1S/C19H26O3Si/c1-4-23(5-2,6-3)22-18(14-16-10-8-7-9-11-16)19(20)17-12-13-21-15-17/h7-13,15,18H,4-6,14H2,1-3H3. The highest BCUT2D eigenvalue weighted by atomic mass is 28.4. The molecule has 4 heteroatoms. The first-order valence-electron chi connectivity index (χ1n) is 8.42. The van der Waals surface area contributed by atoms with E-state index < -0.39 is 14.4 Å². The van der Waals surface area contributed by atoms with Gasteiger partial charge in [-0.25, -0.2) is 0 Å². The molecule has 0 aliphatic carbocycles. The van der Waals surface area contributed by atoms with Crippen molar-refractivity contribution in [1.29, 1.82) is 0 Å². The summed E-state index contributed by atoms with van der Waals surface area (Å²) in [4.78, 5) is 12.9. The summed E-state index contributed by atoms with van der Waals surface area (Å²) in [7, 11) is -1.86. The van der Waals surface area contributed by atoms with E-state index in [0.29, 0.717) is 12.0 Å². The maximum atomic E-state index is 12.9. The molecule has 124 valence electrons. The van der Waals surface area contributed by atoms with Gasteiger partial charge in [-0.2, -0.15) is 0 Å². The number of benzene rings is 1. The minimum atomic E-state index is -1.86. The minimum absolute atomic E-state index is 0.0230. The first kappa shape index (κ1) is 17.7. The number of hydrogen-bond donors (Lipinski definition) is 0. The van der Waals surface area contributed by atoms with Crippen molar-refractivity contribution in [2.45, 2.75) is 51.4 Å². The Morgan fingerprint density at radius 2 is 1.74 bits per heavy atom. The molecule has 2 rings (SSSR count). The van der Waals surface area contributed by atoms with Gasteiger partial charge in [0.15, 0.2) is 14.1 Å². The number of furan rings is 1. The second-order valence-electron chi connectivity index (χ2n) is 5.92. The fraction of sp³-hybridized carbons (Fsp3) is 0.421. The number of carbonyl (C=O) groups is 1. The van der Waals surface area contributed by atoms with Crippen molar-refractivity contribution in [1.82, 2.24) is 0 Å². The van der Waals surface area contributed by atoms with E-state index in [0.717, 1.165) is 23.7 Å². The summed E-state index contributed by atoms with van der Waals surface area (Å²) in [6.07, 6.45) is 3.23. The van der Waals surface area contributed by atoms with E-state index in [1.165, 1.54) is 12.5 Å². The Bertz CT molecular complexity index is 580. The van der Waals surface area contributed by atoms with Gasteiger partial charge in [0, 0.05) is 6.42 Å². The second-order valence-corrected chi connectivity index (χ2v) is 10.6. The van der Waals surface area contributed by atoms with Gasteiger partial charge in [-0.3, -0.25) is 4.79 Å². The number of ketones is 1. The average Bonchev–Trinajstić information content (AvgIpc) is 3.14. The summed E-state index contributed by atoms with van der Waals surface area (Å²) in [5.74, 6) is 0.0230. The van der Waals surface area contributed by atoms with E-state index in [4.69, 9.17) is 8.84 Å². The summed E-state index contributed by atoms with van der Waals surface area (Å²) < 4.78 is 11.6. The molecule has 0 radical (unpaired) electrons. The van der Waals surface area contributed by atoms with Gasteiger partial charge < -0.3 is 8.84 Å². The molecule has 0 aliphatic heterocycles. The molecule has 1 aromatic carbocycles. The van der Waals surface area contributed by atoms with Crippen LogP contribution in [0.1, 0.15) is 36.7 Å². The van der Waals surface area contributed by atoms with Gasteiger partial charge in [0.05, 0.1) is 11.8 Å². The number of rotatable bonds is 9. The van der Waals surface area contributed by atoms with E-state index in [1.54, 1.807) is 6.07 Å². The van der Waals surface area contributed by atoms with Crippen molar-refractivity contribution in [2.75, 3.05) is 0 Å². The molecular formula is C19H26O3Si. The molecule has 0 saturated carbocycles. The van der Waals surface area contributed by atoms with Crippen molar-refractivity contribution < 1.29 is 13.6 Å². The third-order valence-corrected chi connectivity index (χ3v) is 9.34. The number of carbonyl (C=O) groups excluding carboxylic acids is 1. The van der Waals surface area contributed by atoms with E-state index >= 15 is 0 Å². The van der Waals surface area contributed by atoms with Gasteiger partial charge in [0.1, 0.15) is 12.4 Å². The van der Waals surface area contributed by atoms with Gasteiger partial charge in [-0.15, -0.1) is 0 Å². The van der Waals surface area contributed by atoms with Crippen LogP contribution in [0, 0.1) is 0 Å². The molecule has 3 nitrogen and oxygen atoms in total. The molecule has 0 N–H and O–H groups in total. The summed E-state index contributed by atoms with van der Waals surface area (Å²) in [5, 5.41) is 0. The highest BCUT2D eigenvalue weighted by Crippen LogP contribution is 2.26. The van der Waals surface area contributed by atoms with Gasteiger partial charge in [0.2, 0.25) is 0 Å². The first-order chi connectivity index (χ1) is 11.1. The van der Waals surface area contributed by atoms with Gasteiger partial charge in [-0.1, -0.05) is 51.1 Å². The minimum Gasteiger partial charge on any atom is -0.472 e. The SMILES string of the molecule is CC[Si](CC)(CC)OC(Cc1ccccc1)C(=O)c1ccoc1. The molecular weight excluding hydrogens is 304 g/mol. The predicted molar refractivity (Wildman–Crippen MR) is 95.3 cm³/mol. The fourth-order valence-electron chi connectivity index (χ4n) is 2.91. The zero-order valence-electron chi connectivity index (χ0n) is 14.2. The van der Waals surface area contributed by atoms with Crippen molar-refractivity contribution >= 4 is 14.1 Å². The summed E-state index contributed by atoms with van der Waals surface area (Å²) in [5.41, 5.74) is 1.72. The molecule has 0 spiro atoms. The molecule has 1 aromatic heterocycles. The summed E-state index contributed by atoms with van der Waals surface area (Å²) in [6.45, 7) is 6.55. The van der Waals surface area contributed by atoms with Crippen LogP contribution in [0.5, 0.6) is 0 Å². The van der Waals surface area contributed by atoms with Crippen LogP contribution >= 0.6 is 0 Å². The Kier molecular flexibility index (Phi) is 6.36.